The van der Waals surface area contributed by atoms with Crippen LogP contribution in [0.2, 0.25) is 0 Å². The highest BCUT2D eigenvalue weighted by Gasteiger charge is 1.81. The van der Waals surface area contributed by atoms with E-state index >= 15 is 0 Å². The van der Waals surface area contributed by atoms with E-state index in [-0.39, 0.29) is 11.8 Å². The summed E-state index contributed by atoms with van der Waals surface area (Å²) in [6, 6.07) is 10.3. The molecule has 0 unspecified atom stereocenters. The molecule has 0 heterocycles. The van der Waals surface area contributed by atoms with Crippen molar-refractivity contribution in [3.05, 3.63) is 35.9 Å². The predicted octanol–water partition coefficient (Wildman–Crippen LogP) is 4.33. The highest BCUT2D eigenvalue weighted by Crippen LogP contribution is 1.92. The van der Waals surface area contributed by atoms with Crippen molar-refractivity contribution < 1.29 is 19.4 Å². The molecular weight excluding hydrogens is 292 g/mol. The van der Waals surface area contributed by atoms with Crippen LogP contribution in [0.3, 0.4) is 0 Å². The second kappa shape index (κ2) is 22.6. The molecule has 0 amide bonds. The average Bonchev–Trinajstić information content (AvgIpc) is 2.50. The highest BCUT2D eigenvalue weighted by atomic mass is 16.5. The fourth-order valence-electron chi connectivity index (χ4n) is 0.896. The summed E-state index contributed by atoms with van der Waals surface area (Å²) in [7, 11) is 0. The fraction of sp³-hybridized carbons (Fsp3) is 0.579. The molecule has 1 rings (SSSR count). The summed E-state index contributed by atoms with van der Waals surface area (Å²) < 4.78 is 4.40. The molecule has 1 aromatic carbocycles. The SMILES string of the molecule is CCC(C)=O.CCCCO.CCOC(C)=O.Cc1ccccc1. The van der Waals surface area contributed by atoms with Crippen LogP contribution in [0, 0.1) is 6.92 Å². The minimum Gasteiger partial charge on any atom is -0.466 e. The van der Waals surface area contributed by atoms with Gasteiger partial charge in [-0.2, -0.15) is 0 Å². The number of Topliss-reactive ketones (excluding diaryl/α,β-unsaturated/α-hetero) is 1. The minimum atomic E-state index is -0.211. The van der Waals surface area contributed by atoms with Gasteiger partial charge in [-0.3, -0.25) is 4.79 Å². The van der Waals surface area contributed by atoms with E-state index in [0.29, 0.717) is 19.6 Å². The van der Waals surface area contributed by atoms with Crippen molar-refractivity contribution in [2.24, 2.45) is 0 Å². The first-order valence-corrected chi connectivity index (χ1v) is 8.10. The summed E-state index contributed by atoms with van der Waals surface area (Å²) in [5.41, 5.74) is 1.32. The number of carbonyl (C=O) groups is 2. The third kappa shape index (κ3) is 38.4. The number of hydrogen-bond acceptors (Lipinski definition) is 4. The number of aliphatic hydroxyl groups excluding tert-OH is 1. The van der Waals surface area contributed by atoms with Crippen LogP contribution in [0.1, 0.15) is 59.4 Å². The lowest BCUT2D eigenvalue weighted by atomic mass is 10.2. The standard InChI is InChI=1S/C7H8.C4H8O2.C4H8O.C4H10O/c1-7-5-3-2-4-6-7;1-3-6-4(2)5;1-3-4(2)5;1-2-3-4-5/h2-6H,1H3;3H2,1-2H3;3H2,1-2H3;5H,2-4H2,1H3. The summed E-state index contributed by atoms with van der Waals surface area (Å²) in [5.74, 6) is 0.0440. The lowest BCUT2D eigenvalue weighted by molar-refractivity contribution is -0.140. The number of rotatable bonds is 4. The van der Waals surface area contributed by atoms with Gasteiger partial charge < -0.3 is 14.6 Å². The molecule has 23 heavy (non-hydrogen) atoms. The van der Waals surface area contributed by atoms with E-state index in [4.69, 9.17) is 5.11 Å². The zero-order valence-corrected chi connectivity index (χ0v) is 15.6. The summed E-state index contributed by atoms with van der Waals surface area (Å²) in [5, 5.41) is 8.07. The number of ketones is 1. The number of esters is 1. The van der Waals surface area contributed by atoms with Crippen LogP contribution < -0.4 is 0 Å². The second-order valence-corrected chi connectivity index (χ2v) is 4.71. The van der Waals surface area contributed by atoms with Gasteiger partial charge in [0.25, 0.3) is 0 Å². The van der Waals surface area contributed by atoms with Crippen molar-refractivity contribution >= 4 is 11.8 Å². The van der Waals surface area contributed by atoms with E-state index in [1.54, 1.807) is 13.8 Å². The number of aliphatic hydroxyl groups is 1. The Morgan fingerprint density at radius 3 is 1.61 bits per heavy atom. The zero-order chi connectivity index (χ0) is 18.5. The largest absolute Gasteiger partial charge is 0.466 e. The van der Waals surface area contributed by atoms with Crippen LogP contribution in [-0.4, -0.2) is 30.1 Å². The van der Waals surface area contributed by atoms with Gasteiger partial charge in [-0.25, -0.2) is 0 Å². The lowest BCUT2D eigenvalue weighted by Gasteiger charge is -1.89. The van der Waals surface area contributed by atoms with Crippen LogP contribution in [0.4, 0.5) is 0 Å². The summed E-state index contributed by atoms with van der Waals surface area (Å²) in [6.45, 7) is 11.6. The van der Waals surface area contributed by atoms with E-state index < -0.39 is 0 Å². The molecule has 0 aromatic heterocycles. The zero-order valence-electron chi connectivity index (χ0n) is 15.6. The Hall–Kier alpha value is -1.68. The molecule has 1 aromatic rings. The number of aryl methyl sites for hydroxylation is 1. The first-order chi connectivity index (χ1) is 10.8. The normalized spacial score (nSPS) is 8.13. The fourth-order valence-corrected chi connectivity index (χ4v) is 0.896. The maximum atomic E-state index is 9.82. The first-order valence-electron chi connectivity index (χ1n) is 8.10. The molecule has 1 N–H and O–H groups in total. The number of unbranched alkanes of at least 4 members (excludes halogenated alkanes) is 1. The van der Waals surface area contributed by atoms with E-state index in [9.17, 15) is 9.59 Å². The molecule has 0 saturated heterocycles. The van der Waals surface area contributed by atoms with Crippen LogP contribution in [0.5, 0.6) is 0 Å². The van der Waals surface area contributed by atoms with E-state index in [0.717, 1.165) is 12.8 Å². The van der Waals surface area contributed by atoms with Crippen LogP contribution in [0.25, 0.3) is 0 Å². The molecule has 0 radical (unpaired) electrons. The number of hydrogen-bond donors (Lipinski definition) is 1. The molecule has 0 spiro atoms. The van der Waals surface area contributed by atoms with Gasteiger partial charge in [0.05, 0.1) is 6.61 Å². The molecule has 0 atom stereocenters. The van der Waals surface area contributed by atoms with E-state index in [2.05, 4.69) is 30.7 Å². The maximum Gasteiger partial charge on any atom is 0.302 e. The first kappa shape index (κ1) is 26.2. The monoisotopic (exact) mass is 326 g/mol. The average molecular weight is 326 g/mol. The Bertz CT molecular complexity index is 359. The smallest absolute Gasteiger partial charge is 0.302 e. The van der Waals surface area contributed by atoms with Gasteiger partial charge in [0.1, 0.15) is 5.78 Å². The van der Waals surface area contributed by atoms with E-state index in [1.807, 2.05) is 25.1 Å². The molecule has 0 aliphatic heterocycles. The highest BCUT2D eigenvalue weighted by molar-refractivity contribution is 5.74. The predicted molar refractivity (Wildman–Crippen MR) is 96.5 cm³/mol. The van der Waals surface area contributed by atoms with Crippen LogP contribution in [0.15, 0.2) is 30.3 Å². The van der Waals surface area contributed by atoms with Gasteiger partial charge in [-0.1, -0.05) is 56.2 Å². The third-order valence-electron chi connectivity index (χ3n) is 2.30. The van der Waals surface area contributed by atoms with Crippen molar-refractivity contribution in [3.63, 3.8) is 0 Å². The number of benzene rings is 1. The van der Waals surface area contributed by atoms with Crippen molar-refractivity contribution in [2.45, 2.75) is 60.8 Å². The molecule has 0 saturated carbocycles. The minimum absolute atomic E-state index is 0.211. The topological polar surface area (TPSA) is 63.6 Å². The number of ether oxygens (including phenoxy) is 1. The second-order valence-electron chi connectivity index (χ2n) is 4.71. The summed E-state index contributed by atoms with van der Waals surface area (Å²) in [4.78, 5) is 19.6. The molecule has 134 valence electrons. The van der Waals surface area contributed by atoms with Crippen molar-refractivity contribution in [1.29, 1.82) is 0 Å². The van der Waals surface area contributed by atoms with E-state index in [1.165, 1.54) is 12.5 Å². The molecule has 0 aliphatic carbocycles. The van der Waals surface area contributed by atoms with Gasteiger partial charge in [0, 0.05) is 20.0 Å². The molecule has 4 heteroatoms. The molecule has 0 bridgehead atoms. The van der Waals surface area contributed by atoms with Gasteiger partial charge in [-0.05, 0) is 27.2 Å². The maximum absolute atomic E-state index is 9.82. The molecule has 4 nitrogen and oxygen atoms in total. The Morgan fingerprint density at radius 1 is 1.04 bits per heavy atom. The summed E-state index contributed by atoms with van der Waals surface area (Å²) >= 11 is 0. The van der Waals surface area contributed by atoms with Gasteiger partial charge >= 0.3 is 5.97 Å². The van der Waals surface area contributed by atoms with Crippen LogP contribution >= 0.6 is 0 Å². The Labute approximate surface area is 141 Å². The molecule has 0 aliphatic rings. The van der Waals surface area contributed by atoms with Crippen LogP contribution in [-0.2, 0) is 14.3 Å². The quantitative estimate of drug-likeness (QED) is 0.837. The Morgan fingerprint density at radius 2 is 1.52 bits per heavy atom. The van der Waals surface area contributed by atoms with Crippen molar-refractivity contribution in [3.8, 4) is 0 Å². The Kier molecular flexibility index (Phi) is 25.8. The Balaban J connectivity index is -0.000000235. The molecular formula is C19H34O4. The molecule has 0 fully saturated rings. The lowest BCUT2D eigenvalue weighted by Crippen LogP contribution is -1.95. The van der Waals surface area contributed by atoms with Gasteiger partial charge in [0.2, 0.25) is 0 Å². The van der Waals surface area contributed by atoms with Crippen molar-refractivity contribution in [2.75, 3.05) is 13.2 Å². The summed E-state index contributed by atoms with van der Waals surface area (Å²) in [6.07, 6.45) is 2.70. The number of carbonyl (C=O) groups excluding carboxylic acids is 2. The van der Waals surface area contributed by atoms with Gasteiger partial charge in [-0.15, -0.1) is 0 Å². The van der Waals surface area contributed by atoms with Gasteiger partial charge in [0.15, 0.2) is 0 Å². The van der Waals surface area contributed by atoms with Crippen molar-refractivity contribution in [1.82, 2.24) is 0 Å². The third-order valence-corrected chi connectivity index (χ3v) is 2.30.